The smallest absolute Gasteiger partial charge is 0.407 e. The molecule has 0 aromatic carbocycles. The number of nitrogens with one attached hydrogen (secondary N) is 3. The Morgan fingerprint density at radius 2 is 1.96 bits per heavy atom. The second-order valence-electron chi connectivity index (χ2n) is 7.19. The molecule has 1 aromatic rings. The summed E-state index contributed by atoms with van der Waals surface area (Å²) in [7, 11) is 1.73. The number of carbonyl (C=O) groups excluding carboxylic acids is 1. The molecule has 156 valence electrons. The number of aryl methyl sites for hydroxylation is 2. The second-order valence-corrected chi connectivity index (χ2v) is 8.48. The average Bonchev–Trinajstić information content (AvgIpc) is 2.84. The molecule has 7 nitrogen and oxygen atoms in total. The molecule has 27 heavy (non-hydrogen) atoms. The normalized spacial score (nSPS) is 12.8. The molecule has 3 N–H and O–H groups in total. The number of guanidine groups is 1. The molecule has 1 aromatic heterocycles. The molecule has 0 spiro atoms. The maximum Gasteiger partial charge on any atom is 0.407 e. The summed E-state index contributed by atoms with van der Waals surface area (Å²) in [5, 5.41) is 10.5. The molecule has 0 aliphatic carbocycles. The Morgan fingerprint density at radius 3 is 2.44 bits per heavy atom. The molecule has 0 saturated carbocycles. The van der Waals surface area contributed by atoms with Gasteiger partial charge in [-0.15, -0.1) is 35.3 Å². The van der Waals surface area contributed by atoms with Crippen molar-refractivity contribution in [1.82, 2.24) is 20.9 Å². The summed E-state index contributed by atoms with van der Waals surface area (Å²) in [6.07, 6.45) is 1.43. The van der Waals surface area contributed by atoms with Gasteiger partial charge in [0.25, 0.3) is 0 Å². The Kier molecular flexibility index (Phi) is 11.9. The van der Waals surface area contributed by atoms with Crippen LogP contribution in [0.1, 0.15) is 56.1 Å². The maximum atomic E-state index is 12.0. The number of alkyl carbamates (subject to hydrolysis) is 1. The third-order valence-corrected chi connectivity index (χ3v) is 4.65. The summed E-state index contributed by atoms with van der Waals surface area (Å²) in [5.74, 6) is 0.683. The van der Waals surface area contributed by atoms with E-state index >= 15 is 0 Å². The summed E-state index contributed by atoms with van der Waals surface area (Å²) < 4.78 is 5.34. The van der Waals surface area contributed by atoms with Crippen molar-refractivity contribution in [3.8, 4) is 0 Å². The second kappa shape index (κ2) is 12.4. The minimum atomic E-state index is -0.504. The van der Waals surface area contributed by atoms with Crippen LogP contribution in [0.3, 0.4) is 0 Å². The van der Waals surface area contributed by atoms with E-state index in [4.69, 9.17) is 4.74 Å². The number of hydrogen-bond donors (Lipinski definition) is 3. The first-order chi connectivity index (χ1) is 12.1. The fourth-order valence-corrected chi connectivity index (χ4v) is 3.14. The fourth-order valence-electron chi connectivity index (χ4n) is 2.26. The van der Waals surface area contributed by atoms with Crippen molar-refractivity contribution in [1.29, 1.82) is 0 Å². The Balaban J connectivity index is 0.00000676. The molecule has 1 unspecified atom stereocenters. The number of amides is 1. The molecule has 1 heterocycles. The van der Waals surface area contributed by atoms with Gasteiger partial charge in [0.15, 0.2) is 5.96 Å². The van der Waals surface area contributed by atoms with Crippen molar-refractivity contribution in [2.45, 2.75) is 72.6 Å². The molecular formula is C18H34IN5O2S. The molecule has 0 fully saturated rings. The van der Waals surface area contributed by atoms with Gasteiger partial charge in [0.2, 0.25) is 0 Å². The topological polar surface area (TPSA) is 87.6 Å². The summed E-state index contributed by atoms with van der Waals surface area (Å²) in [6, 6.07) is -0.0299. The van der Waals surface area contributed by atoms with Crippen LogP contribution in [0.15, 0.2) is 4.99 Å². The van der Waals surface area contributed by atoms with Crippen molar-refractivity contribution in [2.24, 2.45) is 4.99 Å². The molecule has 0 aliphatic rings. The first-order valence-electron chi connectivity index (χ1n) is 9.01. The van der Waals surface area contributed by atoms with Crippen LogP contribution in [0, 0.1) is 13.8 Å². The molecule has 1 amide bonds. The molecule has 0 saturated heterocycles. The molecule has 0 radical (unpaired) electrons. The lowest BCUT2D eigenvalue weighted by Crippen LogP contribution is -2.48. The highest BCUT2D eigenvalue weighted by atomic mass is 127. The van der Waals surface area contributed by atoms with Gasteiger partial charge >= 0.3 is 6.09 Å². The Morgan fingerprint density at radius 1 is 1.30 bits per heavy atom. The van der Waals surface area contributed by atoms with E-state index in [-0.39, 0.29) is 30.0 Å². The van der Waals surface area contributed by atoms with Crippen LogP contribution >= 0.6 is 35.3 Å². The number of thiazole rings is 1. The molecule has 0 aliphatic heterocycles. The van der Waals surface area contributed by atoms with Gasteiger partial charge in [-0.05, 0) is 41.0 Å². The van der Waals surface area contributed by atoms with E-state index < -0.39 is 11.7 Å². The minimum Gasteiger partial charge on any atom is -0.444 e. The Bertz CT molecular complexity index is 594. The van der Waals surface area contributed by atoms with Crippen molar-refractivity contribution in [3.63, 3.8) is 0 Å². The monoisotopic (exact) mass is 511 g/mol. The van der Waals surface area contributed by atoms with Crippen LogP contribution in [0.5, 0.6) is 0 Å². The first-order valence-corrected chi connectivity index (χ1v) is 9.83. The third kappa shape index (κ3) is 10.7. The average molecular weight is 511 g/mol. The van der Waals surface area contributed by atoms with Gasteiger partial charge in [-0.25, -0.2) is 9.78 Å². The van der Waals surface area contributed by atoms with Gasteiger partial charge in [0.05, 0.1) is 12.2 Å². The van der Waals surface area contributed by atoms with Gasteiger partial charge in [0, 0.05) is 24.5 Å². The zero-order chi connectivity index (χ0) is 19.7. The predicted molar refractivity (Wildman–Crippen MR) is 123 cm³/mol. The lowest BCUT2D eigenvalue weighted by Gasteiger charge is -2.24. The van der Waals surface area contributed by atoms with Gasteiger partial charge in [-0.1, -0.05) is 13.3 Å². The van der Waals surface area contributed by atoms with Crippen LogP contribution in [-0.2, 0) is 11.3 Å². The number of halogens is 1. The zero-order valence-electron chi connectivity index (χ0n) is 17.4. The van der Waals surface area contributed by atoms with Gasteiger partial charge in [-0.2, -0.15) is 0 Å². The van der Waals surface area contributed by atoms with Gasteiger partial charge < -0.3 is 20.7 Å². The largest absolute Gasteiger partial charge is 0.444 e. The van der Waals surface area contributed by atoms with E-state index in [0.29, 0.717) is 19.0 Å². The zero-order valence-corrected chi connectivity index (χ0v) is 20.6. The summed E-state index contributed by atoms with van der Waals surface area (Å²) >= 11 is 1.68. The van der Waals surface area contributed by atoms with E-state index in [1.54, 1.807) is 18.4 Å². The van der Waals surface area contributed by atoms with Crippen LogP contribution in [0.25, 0.3) is 0 Å². The third-order valence-electron chi connectivity index (χ3n) is 3.58. The van der Waals surface area contributed by atoms with Crippen molar-refractivity contribution >= 4 is 47.4 Å². The Hall–Kier alpha value is -1.10. The number of hydrogen-bond acceptors (Lipinski definition) is 5. The van der Waals surface area contributed by atoms with E-state index in [2.05, 4.69) is 39.8 Å². The van der Waals surface area contributed by atoms with E-state index in [9.17, 15) is 4.79 Å². The number of carbonyl (C=O) groups is 1. The molecule has 1 atom stereocenters. The Labute approximate surface area is 184 Å². The van der Waals surface area contributed by atoms with Crippen LogP contribution < -0.4 is 16.0 Å². The lowest BCUT2D eigenvalue weighted by atomic mass is 10.1. The quantitative estimate of drug-likeness (QED) is 0.295. The van der Waals surface area contributed by atoms with Crippen molar-refractivity contribution < 1.29 is 9.53 Å². The number of nitrogens with zero attached hydrogens (tertiary/aromatic N) is 2. The molecule has 9 heteroatoms. The molecule has 1 rings (SSSR count). The fraction of sp³-hybridized carbons (Fsp3) is 0.722. The van der Waals surface area contributed by atoms with E-state index in [0.717, 1.165) is 23.5 Å². The SMILES string of the molecule is CCCC(CNC(=NC)NCc1nc(C)c(C)s1)NC(=O)OC(C)(C)C.I. The minimum absolute atomic E-state index is 0. The summed E-state index contributed by atoms with van der Waals surface area (Å²) in [5.41, 5.74) is 0.565. The van der Waals surface area contributed by atoms with Gasteiger partial charge in [-0.3, -0.25) is 4.99 Å². The van der Waals surface area contributed by atoms with Gasteiger partial charge in [0.1, 0.15) is 10.6 Å². The summed E-state index contributed by atoms with van der Waals surface area (Å²) in [4.78, 5) is 22.0. The lowest BCUT2D eigenvalue weighted by molar-refractivity contribution is 0.0502. The van der Waals surface area contributed by atoms with E-state index in [1.807, 2.05) is 27.7 Å². The van der Waals surface area contributed by atoms with Crippen LogP contribution in [0.4, 0.5) is 4.79 Å². The van der Waals surface area contributed by atoms with Crippen molar-refractivity contribution in [3.05, 3.63) is 15.6 Å². The number of aromatic nitrogens is 1. The van der Waals surface area contributed by atoms with Crippen molar-refractivity contribution in [2.75, 3.05) is 13.6 Å². The highest BCUT2D eigenvalue weighted by Gasteiger charge is 2.19. The molecular weight excluding hydrogens is 477 g/mol. The number of ether oxygens (including phenoxy) is 1. The first kappa shape index (κ1) is 25.9. The highest BCUT2D eigenvalue weighted by molar-refractivity contribution is 14.0. The van der Waals surface area contributed by atoms with Crippen LogP contribution in [0.2, 0.25) is 0 Å². The molecule has 0 bridgehead atoms. The van der Waals surface area contributed by atoms with E-state index in [1.165, 1.54) is 4.88 Å². The van der Waals surface area contributed by atoms with Crippen LogP contribution in [-0.4, -0.2) is 42.3 Å². The standard InChI is InChI=1S/C18H33N5O2S.HI/c1-8-9-14(23-17(24)25-18(4,5)6)10-20-16(19-7)21-11-15-22-12(2)13(3)26-15;/h14H,8-11H2,1-7H3,(H,23,24)(H2,19,20,21);1H. The predicted octanol–water partition coefficient (Wildman–Crippen LogP) is 3.74. The number of aliphatic imine (C=N–C) groups is 1. The number of rotatable bonds is 7. The summed E-state index contributed by atoms with van der Waals surface area (Å²) in [6.45, 7) is 12.9. The maximum absolute atomic E-state index is 12.0. The highest BCUT2D eigenvalue weighted by Crippen LogP contribution is 2.15.